The molecule has 0 atom stereocenters. The van der Waals surface area contributed by atoms with E-state index in [4.69, 9.17) is 23.2 Å². The smallest absolute Gasteiger partial charge is 0.0945 e. The van der Waals surface area contributed by atoms with Gasteiger partial charge in [-0.05, 0) is 18.2 Å². The molecule has 0 aliphatic rings. The van der Waals surface area contributed by atoms with Crippen LogP contribution in [0.2, 0.25) is 10.0 Å². The average Bonchev–Trinajstić information content (AvgIpc) is 2.18. The summed E-state index contributed by atoms with van der Waals surface area (Å²) in [5, 5.41) is 8.96. The van der Waals surface area contributed by atoms with Crippen LogP contribution in [0.4, 0.5) is 0 Å². The lowest BCUT2D eigenvalue weighted by molar-refractivity contribution is 1.04. The van der Waals surface area contributed by atoms with Crippen molar-refractivity contribution in [1.29, 1.82) is 0 Å². The molecular formula is C10H6Cl2N2. The van der Waals surface area contributed by atoms with E-state index in [1.807, 2.05) is 24.3 Å². The maximum Gasteiger partial charge on any atom is 0.0945 e. The summed E-state index contributed by atoms with van der Waals surface area (Å²) in [5.74, 6) is 0. The SMILES string of the molecule is Clc1cccc(-c2cc(Cl)cnn2)c1. The van der Waals surface area contributed by atoms with Crippen LogP contribution in [0.15, 0.2) is 36.5 Å². The van der Waals surface area contributed by atoms with Crippen molar-refractivity contribution in [2.45, 2.75) is 0 Å². The predicted octanol–water partition coefficient (Wildman–Crippen LogP) is 3.45. The first-order valence-corrected chi connectivity index (χ1v) is 4.75. The fourth-order valence-corrected chi connectivity index (χ4v) is 1.47. The number of aromatic nitrogens is 2. The van der Waals surface area contributed by atoms with Crippen LogP contribution in [0.3, 0.4) is 0 Å². The van der Waals surface area contributed by atoms with Gasteiger partial charge in [0.15, 0.2) is 0 Å². The Kier molecular flexibility index (Phi) is 2.66. The molecule has 1 heterocycles. The molecule has 0 spiro atoms. The molecule has 2 rings (SSSR count). The van der Waals surface area contributed by atoms with E-state index in [1.54, 1.807) is 6.07 Å². The third kappa shape index (κ3) is 2.03. The normalized spacial score (nSPS) is 10.1. The van der Waals surface area contributed by atoms with Crippen molar-refractivity contribution < 1.29 is 0 Å². The Morgan fingerprint density at radius 3 is 2.57 bits per heavy atom. The zero-order valence-corrected chi connectivity index (χ0v) is 8.63. The number of hydrogen-bond donors (Lipinski definition) is 0. The second-order valence-corrected chi connectivity index (χ2v) is 3.64. The Hall–Kier alpha value is -1.12. The van der Waals surface area contributed by atoms with Gasteiger partial charge in [0, 0.05) is 10.6 Å². The summed E-state index contributed by atoms with van der Waals surface area (Å²) in [6.45, 7) is 0. The van der Waals surface area contributed by atoms with Gasteiger partial charge in [0.2, 0.25) is 0 Å². The van der Waals surface area contributed by atoms with Crippen molar-refractivity contribution in [1.82, 2.24) is 10.2 Å². The van der Waals surface area contributed by atoms with Gasteiger partial charge in [-0.15, -0.1) is 0 Å². The summed E-state index contributed by atoms with van der Waals surface area (Å²) in [6.07, 6.45) is 1.50. The standard InChI is InChI=1S/C10H6Cl2N2/c11-8-3-1-2-7(4-8)10-5-9(12)6-13-14-10/h1-6H. The third-order valence-corrected chi connectivity index (χ3v) is 2.18. The van der Waals surface area contributed by atoms with Crippen molar-refractivity contribution in [3.8, 4) is 11.3 Å². The van der Waals surface area contributed by atoms with Gasteiger partial charge in [-0.25, -0.2) is 0 Å². The zero-order valence-electron chi connectivity index (χ0n) is 7.11. The molecule has 2 aromatic rings. The van der Waals surface area contributed by atoms with E-state index < -0.39 is 0 Å². The lowest BCUT2D eigenvalue weighted by atomic mass is 10.1. The van der Waals surface area contributed by atoms with Gasteiger partial charge in [-0.1, -0.05) is 35.3 Å². The molecule has 0 saturated heterocycles. The molecule has 0 aliphatic carbocycles. The lowest BCUT2D eigenvalue weighted by Crippen LogP contribution is -1.86. The molecule has 0 radical (unpaired) electrons. The van der Waals surface area contributed by atoms with Crippen LogP contribution in [0.5, 0.6) is 0 Å². The van der Waals surface area contributed by atoms with Gasteiger partial charge in [-0.2, -0.15) is 10.2 Å². The first kappa shape index (κ1) is 9.44. The maximum absolute atomic E-state index is 5.85. The first-order chi connectivity index (χ1) is 6.75. The van der Waals surface area contributed by atoms with Crippen molar-refractivity contribution >= 4 is 23.2 Å². The van der Waals surface area contributed by atoms with E-state index in [1.165, 1.54) is 6.20 Å². The Morgan fingerprint density at radius 1 is 1.00 bits per heavy atom. The monoisotopic (exact) mass is 224 g/mol. The van der Waals surface area contributed by atoms with Gasteiger partial charge in [0.25, 0.3) is 0 Å². The van der Waals surface area contributed by atoms with Gasteiger partial charge in [-0.3, -0.25) is 0 Å². The Balaban J connectivity index is 2.49. The van der Waals surface area contributed by atoms with E-state index in [0.29, 0.717) is 10.0 Å². The van der Waals surface area contributed by atoms with Crippen molar-refractivity contribution in [3.63, 3.8) is 0 Å². The number of rotatable bonds is 1. The minimum Gasteiger partial charge on any atom is -0.157 e. The molecule has 0 N–H and O–H groups in total. The quantitative estimate of drug-likeness (QED) is 0.742. The summed E-state index contributed by atoms with van der Waals surface area (Å²) in [7, 11) is 0. The second-order valence-electron chi connectivity index (χ2n) is 2.77. The van der Waals surface area contributed by atoms with Gasteiger partial charge in [0.1, 0.15) is 0 Å². The Labute approximate surface area is 91.5 Å². The highest BCUT2D eigenvalue weighted by atomic mass is 35.5. The van der Waals surface area contributed by atoms with Gasteiger partial charge in [0.05, 0.1) is 16.9 Å². The number of halogens is 2. The minimum absolute atomic E-state index is 0.565. The molecule has 0 unspecified atom stereocenters. The number of nitrogens with zero attached hydrogens (tertiary/aromatic N) is 2. The highest BCUT2D eigenvalue weighted by molar-refractivity contribution is 6.31. The first-order valence-electron chi connectivity index (χ1n) is 4.00. The van der Waals surface area contributed by atoms with E-state index in [2.05, 4.69) is 10.2 Å². The Bertz CT molecular complexity index is 414. The molecular weight excluding hydrogens is 219 g/mol. The van der Waals surface area contributed by atoms with Crippen molar-refractivity contribution in [2.75, 3.05) is 0 Å². The fourth-order valence-electron chi connectivity index (χ4n) is 1.13. The van der Waals surface area contributed by atoms with Crippen LogP contribution < -0.4 is 0 Å². The molecule has 0 saturated carbocycles. The molecule has 0 amide bonds. The summed E-state index contributed by atoms with van der Waals surface area (Å²) >= 11 is 11.7. The lowest BCUT2D eigenvalue weighted by Gasteiger charge is -1.99. The molecule has 70 valence electrons. The molecule has 1 aromatic carbocycles. The summed E-state index contributed by atoms with van der Waals surface area (Å²) < 4.78 is 0. The minimum atomic E-state index is 0.565. The predicted molar refractivity (Wildman–Crippen MR) is 57.5 cm³/mol. The molecule has 14 heavy (non-hydrogen) atoms. The van der Waals surface area contributed by atoms with Crippen molar-refractivity contribution in [2.24, 2.45) is 0 Å². The van der Waals surface area contributed by atoms with Crippen molar-refractivity contribution in [3.05, 3.63) is 46.6 Å². The van der Waals surface area contributed by atoms with Crippen LogP contribution in [0, 0.1) is 0 Å². The average molecular weight is 225 g/mol. The van der Waals surface area contributed by atoms with E-state index in [0.717, 1.165) is 11.3 Å². The van der Waals surface area contributed by atoms with Gasteiger partial charge < -0.3 is 0 Å². The van der Waals surface area contributed by atoms with Crippen LogP contribution in [-0.2, 0) is 0 Å². The van der Waals surface area contributed by atoms with Crippen LogP contribution >= 0.6 is 23.2 Å². The molecule has 0 aliphatic heterocycles. The number of hydrogen-bond acceptors (Lipinski definition) is 2. The second kappa shape index (κ2) is 3.95. The third-order valence-electron chi connectivity index (χ3n) is 1.74. The van der Waals surface area contributed by atoms with E-state index in [-0.39, 0.29) is 0 Å². The van der Waals surface area contributed by atoms with E-state index in [9.17, 15) is 0 Å². The largest absolute Gasteiger partial charge is 0.157 e. The molecule has 4 heteroatoms. The number of benzene rings is 1. The van der Waals surface area contributed by atoms with Crippen LogP contribution in [-0.4, -0.2) is 10.2 Å². The molecule has 0 fully saturated rings. The van der Waals surface area contributed by atoms with Gasteiger partial charge >= 0.3 is 0 Å². The maximum atomic E-state index is 5.85. The molecule has 2 nitrogen and oxygen atoms in total. The van der Waals surface area contributed by atoms with E-state index >= 15 is 0 Å². The summed E-state index contributed by atoms with van der Waals surface area (Å²) in [4.78, 5) is 0. The van der Waals surface area contributed by atoms with Crippen LogP contribution in [0.1, 0.15) is 0 Å². The Morgan fingerprint density at radius 2 is 1.86 bits per heavy atom. The zero-order chi connectivity index (χ0) is 9.97. The summed E-state index contributed by atoms with van der Waals surface area (Å²) in [5.41, 5.74) is 1.63. The molecule has 0 bridgehead atoms. The van der Waals surface area contributed by atoms with Crippen LogP contribution in [0.25, 0.3) is 11.3 Å². The highest BCUT2D eigenvalue weighted by Gasteiger charge is 2.00. The summed E-state index contributed by atoms with van der Waals surface area (Å²) in [6, 6.07) is 9.15. The highest BCUT2D eigenvalue weighted by Crippen LogP contribution is 2.21. The fraction of sp³-hybridized carbons (Fsp3) is 0. The topological polar surface area (TPSA) is 25.8 Å². The molecule has 1 aromatic heterocycles.